The van der Waals surface area contributed by atoms with Gasteiger partial charge in [0.1, 0.15) is 0 Å². The number of hydrogen-bond donors (Lipinski definition) is 1. The number of benzene rings is 1. The van der Waals surface area contributed by atoms with Gasteiger partial charge in [-0.25, -0.2) is 4.98 Å². The van der Waals surface area contributed by atoms with Gasteiger partial charge in [-0.05, 0) is 31.9 Å². The summed E-state index contributed by atoms with van der Waals surface area (Å²) in [5.74, 6) is 0. The number of imidazole rings is 1. The highest BCUT2D eigenvalue weighted by Gasteiger charge is 2.20. The van der Waals surface area contributed by atoms with Crippen molar-refractivity contribution in [2.45, 2.75) is 39.8 Å². The van der Waals surface area contributed by atoms with Crippen LogP contribution in [0.25, 0.3) is 0 Å². The van der Waals surface area contributed by atoms with Crippen molar-refractivity contribution in [1.82, 2.24) is 9.55 Å². The van der Waals surface area contributed by atoms with Gasteiger partial charge in [0.2, 0.25) is 0 Å². The molecule has 4 heteroatoms. The minimum atomic E-state index is 0.139. The molecule has 2 aromatic rings. The minimum Gasteiger partial charge on any atom is -0.364 e. The van der Waals surface area contributed by atoms with Crippen LogP contribution in [-0.2, 0) is 6.54 Å². The molecule has 1 atom stereocenters. The standard InChI is InChI=1S/C17H26N4/c1-5-8-21-12-19-11-17(21)16(10-18)20(4)15-7-6-13(2)9-14(15)3/h6-7,9,11-12,16H,5,8,10,18H2,1-4H3. The van der Waals surface area contributed by atoms with E-state index in [9.17, 15) is 0 Å². The highest BCUT2D eigenvalue weighted by Crippen LogP contribution is 2.28. The van der Waals surface area contributed by atoms with E-state index in [4.69, 9.17) is 5.73 Å². The predicted octanol–water partition coefficient (Wildman–Crippen LogP) is 3.05. The van der Waals surface area contributed by atoms with Gasteiger partial charge < -0.3 is 15.2 Å². The molecule has 0 amide bonds. The summed E-state index contributed by atoms with van der Waals surface area (Å²) in [5, 5.41) is 0. The first-order chi connectivity index (χ1) is 10.1. The third kappa shape index (κ3) is 3.27. The average Bonchev–Trinajstić information content (AvgIpc) is 2.88. The topological polar surface area (TPSA) is 47.1 Å². The molecule has 1 aromatic heterocycles. The quantitative estimate of drug-likeness (QED) is 0.888. The number of aryl methyl sites for hydroxylation is 3. The Bertz CT molecular complexity index is 588. The molecule has 114 valence electrons. The Kier molecular flexibility index (Phi) is 5.02. The molecule has 1 unspecified atom stereocenters. The van der Waals surface area contributed by atoms with Gasteiger partial charge in [0, 0.05) is 25.8 Å². The molecule has 0 aliphatic carbocycles. The van der Waals surface area contributed by atoms with Crippen molar-refractivity contribution in [3.63, 3.8) is 0 Å². The first kappa shape index (κ1) is 15.6. The zero-order valence-corrected chi connectivity index (χ0v) is 13.5. The van der Waals surface area contributed by atoms with E-state index < -0.39 is 0 Å². The van der Waals surface area contributed by atoms with E-state index in [1.54, 1.807) is 0 Å². The Hall–Kier alpha value is -1.81. The van der Waals surface area contributed by atoms with Gasteiger partial charge in [0.05, 0.1) is 24.3 Å². The van der Waals surface area contributed by atoms with E-state index in [0.29, 0.717) is 6.54 Å². The van der Waals surface area contributed by atoms with Gasteiger partial charge in [-0.15, -0.1) is 0 Å². The van der Waals surface area contributed by atoms with Crippen molar-refractivity contribution in [3.05, 3.63) is 47.5 Å². The second-order valence-electron chi connectivity index (χ2n) is 5.66. The summed E-state index contributed by atoms with van der Waals surface area (Å²) in [5.41, 5.74) is 11.0. The third-order valence-electron chi connectivity index (χ3n) is 3.97. The van der Waals surface area contributed by atoms with Gasteiger partial charge in [-0.3, -0.25) is 0 Å². The molecule has 0 aliphatic heterocycles. The van der Waals surface area contributed by atoms with Crippen molar-refractivity contribution in [3.8, 4) is 0 Å². The Morgan fingerprint density at radius 2 is 2.10 bits per heavy atom. The maximum absolute atomic E-state index is 6.06. The molecule has 2 N–H and O–H groups in total. The summed E-state index contributed by atoms with van der Waals surface area (Å²) in [4.78, 5) is 6.56. The lowest BCUT2D eigenvalue weighted by molar-refractivity contribution is 0.578. The van der Waals surface area contributed by atoms with Gasteiger partial charge >= 0.3 is 0 Å². The van der Waals surface area contributed by atoms with E-state index in [1.165, 1.54) is 22.5 Å². The fraction of sp³-hybridized carbons (Fsp3) is 0.471. The van der Waals surface area contributed by atoms with Crippen LogP contribution in [0.2, 0.25) is 0 Å². The third-order valence-corrected chi connectivity index (χ3v) is 3.97. The smallest absolute Gasteiger partial charge is 0.0948 e. The van der Waals surface area contributed by atoms with Crippen molar-refractivity contribution in [1.29, 1.82) is 0 Å². The first-order valence-electron chi connectivity index (χ1n) is 7.58. The molecule has 0 fully saturated rings. The average molecular weight is 286 g/mol. The van der Waals surface area contributed by atoms with E-state index in [1.807, 2.05) is 12.5 Å². The highest BCUT2D eigenvalue weighted by atomic mass is 15.2. The first-order valence-corrected chi connectivity index (χ1v) is 7.58. The molecule has 21 heavy (non-hydrogen) atoms. The summed E-state index contributed by atoms with van der Waals surface area (Å²) >= 11 is 0. The summed E-state index contributed by atoms with van der Waals surface area (Å²) in [6, 6.07) is 6.67. The molecule has 1 aromatic carbocycles. The maximum atomic E-state index is 6.06. The molecule has 0 saturated heterocycles. The van der Waals surface area contributed by atoms with Crippen LogP contribution >= 0.6 is 0 Å². The van der Waals surface area contributed by atoms with Crippen molar-refractivity contribution < 1.29 is 0 Å². The Morgan fingerprint density at radius 3 is 2.71 bits per heavy atom. The molecule has 0 saturated carbocycles. The Labute approximate surface area is 127 Å². The summed E-state index contributed by atoms with van der Waals surface area (Å²) in [7, 11) is 2.11. The van der Waals surface area contributed by atoms with Crippen LogP contribution in [0.1, 0.15) is 36.2 Å². The van der Waals surface area contributed by atoms with E-state index in [-0.39, 0.29) is 6.04 Å². The Morgan fingerprint density at radius 1 is 1.33 bits per heavy atom. The lowest BCUT2D eigenvalue weighted by atomic mass is 10.1. The van der Waals surface area contributed by atoms with Gasteiger partial charge in [0.15, 0.2) is 0 Å². The molecule has 0 aliphatic rings. The van der Waals surface area contributed by atoms with Crippen LogP contribution in [0, 0.1) is 13.8 Å². The fourth-order valence-electron chi connectivity index (χ4n) is 2.88. The summed E-state index contributed by atoms with van der Waals surface area (Å²) in [6.07, 6.45) is 4.93. The van der Waals surface area contributed by atoms with Crippen LogP contribution in [-0.4, -0.2) is 23.1 Å². The van der Waals surface area contributed by atoms with Crippen molar-refractivity contribution in [2.75, 3.05) is 18.5 Å². The van der Waals surface area contributed by atoms with Crippen LogP contribution in [0.4, 0.5) is 5.69 Å². The van der Waals surface area contributed by atoms with E-state index in [0.717, 1.165) is 13.0 Å². The maximum Gasteiger partial charge on any atom is 0.0948 e. The molecule has 2 rings (SSSR count). The largest absolute Gasteiger partial charge is 0.364 e. The second-order valence-corrected chi connectivity index (χ2v) is 5.66. The second kappa shape index (κ2) is 6.76. The minimum absolute atomic E-state index is 0.139. The van der Waals surface area contributed by atoms with Crippen LogP contribution in [0.15, 0.2) is 30.7 Å². The van der Waals surface area contributed by atoms with E-state index in [2.05, 4.69) is 60.5 Å². The Balaban J connectivity index is 2.33. The number of nitrogens with zero attached hydrogens (tertiary/aromatic N) is 3. The molecule has 0 spiro atoms. The monoisotopic (exact) mass is 286 g/mol. The number of likely N-dealkylation sites (N-methyl/N-ethyl adjacent to an activating group) is 1. The normalized spacial score (nSPS) is 12.4. The lowest BCUT2D eigenvalue weighted by Gasteiger charge is -2.31. The summed E-state index contributed by atoms with van der Waals surface area (Å²) in [6.45, 7) is 7.99. The lowest BCUT2D eigenvalue weighted by Crippen LogP contribution is -2.32. The fourth-order valence-corrected chi connectivity index (χ4v) is 2.88. The number of aromatic nitrogens is 2. The molecule has 4 nitrogen and oxygen atoms in total. The van der Waals surface area contributed by atoms with Crippen LogP contribution in [0.3, 0.4) is 0 Å². The molecule has 0 bridgehead atoms. The van der Waals surface area contributed by atoms with Gasteiger partial charge in [-0.1, -0.05) is 24.6 Å². The van der Waals surface area contributed by atoms with Crippen LogP contribution < -0.4 is 10.6 Å². The molecular weight excluding hydrogens is 260 g/mol. The van der Waals surface area contributed by atoms with Crippen LogP contribution in [0.5, 0.6) is 0 Å². The van der Waals surface area contributed by atoms with Crippen molar-refractivity contribution in [2.24, 2.45) is 5.73 Å². The number of anilines is 1. The predicted molar refractivity (Wildman–Crippen MR) is 88.6 cm³/mol. The van der Waals surface area contributed by atoms with Crippen molar-refractivity contribution >= 4 is 5.69 Å². The van der Waals surface area contributed by atoms with E-state index >= 15 is 0 Å². The SMILES string of the molecule is CCCn1cncc1C(CN)N(C)c1ccc(C)cc1C. The number of rotatable bonds is 6. The number of nitrogens with two attached hydrogens (primary N) is 1. The zero-order chi connectivity index (χ0) is 15.4. The molecule has 1 heterocycles. The van der Waals surface area contributed by atoms with Gasteiger partial charge in [-0.2, -0.15) is 0 Å². The summed E-state index contributed by atoms with van der Waals surface area (Å²) < 4.78 is 2.21. The van der Waals surface area contributed by atoms with Gasteiger partial charge in [0.25, 0.3) is 0 Å². The number of hydrogen-bond acceptors (Lipinski definition) is 3. The molecule has 0 radical (unpaired) electrons. The zero-order valence-electron chi connectivity index (χ0n) is 13.5. The molecular formula is C17H26N4. The highest BCUT2D eigenvalue weighted by molar-refractivity contribution is 5.55.